The van der Waals surface area contributed by atoms with Crippen molar-refractivity contribution in [1.82, 2.24) is 9.97 Å². The Bertz CT molecular complexity index is 1580. The summed E-state index contributed by atoms with van der Waals surface area (Å²) in [5.41, 5.74) is 8.98. The van der Waals surface area contributed by atoms with E-state index < -0.39 is 0 Å². The van der Waals surface area contributed by atoms with Gasteiger partial charge in [-0.15, -0.1) is 0 Å². The Kier molecular flexibility index (Phi) is 3.91. The standard InChI is InChI=1S/C28H24N3O/c1-15-12-13-19-8-6-11-23-27(19)25(15)28-24(32-23)14-21-20(9-7-10-22(21)31(28)5)26-16(2)29-18(4)30-17(26)3/h6-14H,1-5H3/q+1. The number of benzene rings is 3. The van der Waals surface area contributed by atoms with Crippen molar-refractivity contribution < 1.29 is 9.30 Å². The van der Waals surface area contributed by atoms with Crippen LogP contribution in [0, 0.1) is 27.7 Å². The molecule has 0 aliphatic carbocycles. The highest BCUT2D eigenvalue weighted by molar-refractivity contribution is 6.05. The molecule has 156 valence electrons. The van der Waals surface area contributed by atoms with E-state index in [1.165, 1.54) is 21.9 Å². The van der Waals surface area contributed by atoms with Gasteiger partial charge >= 0.3 is 0 Å². The Morgan fingerprint density at radius 2 is 1.53 bits per heavy atom. The zero-order valence-electron chi connectivity index (χ0n) is 18.9. The first kappa shape index (κ1) is 18.9. The van der Waals surface area contributed by atoms with Crippen LogP contribution in [-0.4, -0.2) is 9.97 Å². The minimum atomic E-state index is 0.801. The molecule has 4 heteroatoms. The van der Waals surface area contributed by atoms with E-state index in [1.807, 2.05) is 6.92 Å². The van der Waals surface area contributed by atoms with E-state index in [2.05, 4.69) is 97.0 Å². The second-order valence-corrected chi connectivity index (χ2v) is 8.69. The molecule has 3 heterocycles. The van der Waals surface area contributed by atoms with Crippen molar-refractivity contribution in [2.75, 3.05) is 0 Å². The monoisotopic (exact) mass is 418 g/mol. The SMILES string of the molecule is Cc1nc(C)c(-c2cccc3c2cc2c([n+]3C)-c3c(C)ccc4cccc(c34)O2)c(C)n1. The summed E-state index contributed by atoms with van der Waals surface area (Å²) in [5.74, 6) is 2.59. The van der Waals surface area contributed by atoms with Gasteiger partial charge < -0.3 is 4.74 Å². The van der Waals surface area contributed by atoms with Gasteiger partial charge in [0.1, 0.15) is 18.6 Å². The van der Waals surface area contributed by atoms with Gasteiger partial charge in [-0.05, 0) is 50.3 Å². The number of fused-ring (bicyclic) bond motifs is 3. The van der Waals surface area contributed by atoms with Crippen LogP contribution in [0.2, 0.25) is 0 Å². The van der Waals surface area contributed by atoms with E-state index in [-0.39, 0.29) is 0 Å². The van der Waals surface area contributed by atoms with Crippen LogP contribution in [0.25, 0.3) is 44.1 Å². The van der Waals surface area contributed by atoms with Crippen molar-refractivity contribution in [1.29, 1.82) is 0 Å². The Morgan fingerprint density at radius 3 is 2.31 bits per heavy atom. The van der Waals surface area contributed by atoms with Crippen molar-refractivity contribution in [2.24, 2.45) is 7.05 Å². The predicted molar refractivity (Wildman–Crippen MR) is 128 cm³/mol. The van der Waals surface area contributed by atoms with Crippen LogP contribution < -0.4 is 9.30 Å². The van der Waals surface area contributed by atoms with Gasteiger partial charge in [-0.1, -0.05) is 36.4 Å². The molecule has 32 heavy (non-hydrogen) atoms. The molecule has 3 aromatic carbocycles. The van der Waals surface area contributed by atoms with Crippen LogP contribution >= 0.6 is 0 Å². The number of nitrogens with zero attached hydrogens (tertiary/aromatic N) is 3. The second-order valence-electron chi connectivity index (χ2n) is 8.69. The number of aryl methyl sites for hydroxylation is 5. The third-order valence-electron chi connectivity index (χ3n) is 6.61. The third-order valence-corrected chi connectivity index (χ3v) is 6.61. The van der Waals surface area contributed by atoms with Gasteiger partial charge in [0.2, 0.25) is 5.52 Å². The molecule has 0 bridgehead atoms. The lowest BCUT2D eigenvalue weighted by Crippen LogP contribution is -2.33. The predicted octanol–water partition coefficient (Wildman–Crippen LogP) is 6.28. The second kappa shape index (κ2) is 6.60. The maximum Gasteiger partial charge on any atom is 0.256 e. The molecular weight excluding hydrogens is 394 g/mol. The van der Waals surface area contributed by atoms with Gasteiger partial charge in [0.25, 0.3) is 5.69 Å². The molecule has 0 radical (unpaired) electrons. The van der Waals surface area contributed by atoms with E-state index in [9.17, 15) is 0 Å². The Labute approximate surface area is 187 Å². The van der Waals surface area contributed by atoms with Crippen LogP contribution in [0.5, 0.6) is 11.5 Å². The lowest BCUT2D eigenvalue weighted by molar-refractivity contribution is -0.633. The smallest absolute Gasteiger partial charge is 0.256 e. The van der Waals surface area contributed by atoms with Gasteiger partial charge in [-0.2, -0.15) is 4.57 Å². The highest BCUT2D eigenvalue weighted by atomic mass is 16.5. The molecule has 0 unspecified atom stereocenters. The lowest BCUT2D eigenvalue weighted by atomic mass is 9.92. The summed E-state index contributed by atoms with van der Waals surface area (Å²) in [4.78, 5) is 9.29. The number of rotatable bonds is 1. The van der Waals surface area contributed by atoms with Gasteiger partial charge in [-0.3, -0.25) is 0 Å². The van der Waals surface area contributed by atoms with Crippen molar-refractivity contribution in [3.05, 3.63) is 77.4 Å². The molecule has 4 nitrogen and oxygen atoms in total. The van der Waals surface area contributed by atoms with Gasteiger partial charge in [0, 0.05) is 34.5 Å². The van der Waals surface area contributed by atoms with Crippen molar-refractivity contribution in [2.45, 2.75) is 27.7 Å². The van der Waals surface area contributed by atoms with Crippen molar-refractivity contribution in [3.63, 3.8) is 0 Å². The first-order valence-electron chi connectivity index (χ1n) is 10.9. The van der Waals surface area contributed by atoms with Crippen molar-refractivity contribution >= 4 is 21.7 Å². The third kappa shape index (κ3) is 2.53. The summed E-state index contributed by atoms with van der Waals surface area (Å²) < 4.78 is 8.78. The molecule has 1 aliphatic heterocycles. The number of hydrogen-bond acceptors (Lipinski definition) is 3. The first-order chi connectivity index (χ1) is 15.4. The minimum Gasteiger partial charge on any atom is -0.450 e. The molecule has 0 atom stereocenters. The summed E-state index contributed by atoms with van der Waals surface area (Å²) in [5, 5.41) is 3.52. The molecule has 1 aliphatic rings. The van der Waals surface area contributed by atoms with E-state index in [1.54, 1.807) is 0 Å². The van der Waals surface area contributed by atoms with E-state index in [0.29, 0.717) is 0 Å². The van der Waals surface area contributed by atoms with Crippen LogP contribution in [0.1, 0.15) is 22.8 Å². The van der Waals surface area contributed by atoms with Crippen LogP contribution in [-0.2, 0) is 7.05 Å². The Hall–Kier alpha value is -3.79. The van der Waals surface area contributed by atoms with E-state index in [0.717, 1.165) is 56.4 Å². The zero-order valence-corrected chi connectivity index (χ0v) is 18.9. The van der Waals surface area contributed by atoms with Crippen molar-refractivity contribution in [3.8, 4) is 33.9 Å². The van der Waals surface area contributed by atoms with Crippen LogP contribution in [0.15, 0.2) is 54.6 Å². The lowest BCUT2D eigenvalue weighted by Gasteiger charge is -2.22. The number of hydrogen-bond donors (Lipinski definition) is 0. The number of pyridine rings is 1. The topological polar surface area (TPSA) is 38.9 Å². The fourth-order valence-electron chi connectivity index (χ4n) is 5.30. The van der Waals surface area contributed by atoms with Crippen LogP contribution in [0.3, 0.4) is 0 Å². The Balaban J connectivity index is 1.73. The van der Waals surface area contributed by atoms with Gasteiger partial charge in [0.05, 0.1) is 10.9 Å². The normalized spacial score (nSPS) is 12.2. The molecule has 6 rings (SSSR count). The fourth-order valence-corrected chi connectivity index (χ4v) is 5.30. The fraction of sp³-hybridized carbons (Fsp3) is 0.179. The quantitative estimate of drug-likeness (QED) is 0.295. The molecule has 2 aromatic heterocycles. The minimum absolute atomic E-state index is 0.801. The maximum atomic E-state index is 6.51. The van der Waals surface area contributed by atoms with E-state index in [4.69, 9.17) is 4.74 Å². The summed E-state index contributed by atoms with van der Waals surface area (Å²) in [6.45, 7) is 8.24. The number of ether oxygens (including phenoxy) is 1. The molecule has 0 fully saturated rings. The molecule has 0 saturated heterocycles. The molecule has 5 aromatic rings. The molecule has 0 spiro atoms. The summed E-state index contributed by atoms with van der Waals surface area (Å²) in [7, 11) is 2.13. The zero-order chi connectivity index (χ0) is 22.1. The molecule has 0 amide bonds. The summed E-state index contributed by atoms with van der Waals surface area (Å²) in [6.07, 6.45) is 0. The Morgan fingerprint density at radius 1 is 0.781 bits per heavy atom. The maximum absolute atomic E-state index is 6.51. The van der Waals surface area contributed by atoms with E-state index >= 15 is 0 Å². The largest absolute Gasteiger partial charge is 0.450 e. The molecular formula is C28H24N3O+. The highest BCUT2D eigenvalue weighted by Gasteiger charge is 2.31. The molecule has 0 saturated carbocycles. The average Bonchev–Trinajstić information content (AvgIpc) is 2.75. The first-order valence-corrected chi connectivity index (χ1v) is 10.9. The molecule has 0 N–H and O–H groups in total. The summed E-state index contributed by atoms with van der Waals surface area (Å²) in [6, 6.07) is 19.3. The highest BCUT2D eigenvalue weighted by Crippen LogP contribution is 2.47. The van der Waals surface area contributed by atoms with Crippen LogP contribution in [0.4, 0.5) is 0 Å². The van der Waals surface area contributed by atoms with Gasteiger partial charge in [-0.25, -0.2) is 9.97 Å². The summed E-state index contributed by atoms with van der Waals surface area (Å²) >= 11 is 0. The number of aromatic nitrogens is 3. The average molecular weight is 419 g/mol. The van der Waals surface area contributed by atoms with Gasteiger partial charge in [0.15, 0.2) is 5.75 Å².